The van der Waals surface area contributed by atoms with E-state index in [0.29, 0.717) is 31.9 Å². The summed E-state index contributed by atoms with van der Waals surface area (Å²) >= 11 is 0. The Morgan fingerprint density at radius 1 is 1.16 bits per heavy atom. The molecule has 196 valence electrons. The highest BCUT2D eigenvalue weighted by atomic mass is 19.4. The zero-order valence-corrected chi connectivity index (χ0v) is 20.5. The molecule has 1 aromatic carbocycles. The van der Waals surface area contributed by atoms with E-state index in [0.717, 1.165) is 46.9 Å². The van der Waals surface area contributed by atoms with E-state index in [1.165, 1.54) is 4.90 Å². The molecule has 1 unspecified atom stereocenters. The Hall–Kier alpha value is -3.60. The summed E-state index contributed by atoms with van der Waals surface area (Å²) in [6.45, 7) is 5.15. The monoisotopic (exact) mass is 514 g/mol. The molecule has 3 aromatic rings. The van der Waals surface area contributed by atoms with Gasteiger partial charge in [0, 0.05) is 50.0 Å². The van der Waals surface area contributed by atoms with Crippen LogP contribution < -0.4 is 10.2 Å². The Morgan fingerprint density at radius 2 is 1.97 bits per heavy atom. The SMILES string of the molecule is Cc1ccc(NC(=O)N2CCC(CC(F)(F)F)C2)cc1-c1cc(-c2cn[nH]c2)nc(N2CCOCC2)c1. The first-order valence-corrected chi connectivity index (χ1v) is 12.3. The van der Waals surface area contributed by atoms with Crippen molar-refractivity contribution in [3.05, 3.63) is 48.3 Å². The molecule has 0 aliphatic carbocycles. The summed E-state index contributed by atoms with van der Waals surface area (Å²) in [4.78, 5) is 21.3. The van der Waals surface area contributed by atoms with E-state index in [1.807, 2.05) is 31.2 Å². The number of nitrogens with one attached hydrogen (secondary N) is 2. The average Bonchev–Trinajstić information content (AvgIpc) is 3.57. The minimum Gasteiger partial charge on any atom is -0.378 e. The lowest BCUT2D eigenvalue weighted by molar-refractivity contribution is -0.143. The molecule has 2 amide bonds. The number of aromatic nitrogens is 3. The van der Waals surface area contributed by atoms with Crippen molar-refractivity contribution in [2.45, 2.75) is 25.9 Å². The topological polar surface area (TPSA) is 86.4 Å². The number of rotatable bonds is 5. The van der Waals surface area contributed by atoms with Gasteiger partial charge in [-0.25, -0.2) is 9.78 Å². The number of benzene rings is 1. The summed E-state index contributed by atoms with van der Waals surface area (Å²) < 4.78 is 43.8. The van der Waals surface area contributed by atoms with Crippen molar-refractivity contribution >= 4 is 17.5 Å². The van der Waals surface area contributed by atoms with Crippen LogP contribution in [0.4, 0.5) is 29.5 Å². The van der Waals surface area contributed by atoms with Crippen LogP contribution in [0, 0.1) is 12.8 Å². The van der Waals surface area contributed by atoms with Crippen molar-refractivity contribution in [1.82, 2.24) is 20.1 Å². The van der Waals surface area contributed by atoms with Crippen LogP contribution in [0.3, 0.4) is 0 Å². The minimum atomic E-state index is -4.22. The van der Waals surface area contributed by atoms with E-state index < -0.39 is 18.5 Å². The normalized spacial score (nSPS) is 18.3. The number of nitrogens with zero attached hydrogens (tertiary/aromatic N) is 4. The molecule has 2 N–H and O–H groups in total. The van der Waals surface area contributed by atoms with Gasteiger partial charge in [0.15, 0.2) is 0 Å². The van der Waals surface area contributed by atoms with Gasteiger partial charge >= 0.3 is 12.2 Å². The van der Waals surface area contributed by atoms with E-state index in [-0.39, 0.29) is 12.6 Å². The third-order valence-electron chi connectivity index (χ3n) is 6.83. The smallest absolute Gasteiger partial charge is 0.378 e. The number of aryl methyl sites for hydroxylation is 1. The predicted molar refractivity (Wildman–Crippen MR) is 134 cm³/mol. The Morgan fingerprint density at radius 3 is 2.70 bits per heavy atom. The first-order valence-electron chi connectivity index (χ1n) is 12.3. The largest absolute Gasteiger partial charge is 0.389 e. The number of alkyl halides is 3. The third-order valence-corrected chi connectivity index (χ3v) is 6.83. The molecule has 0 spiro atoms. The number of halogens is 3. The number of urea groups is 1. The first kappa shape index (κ1) is 25.1. The van der Waals surface area contributed by atoms with Crippen LogP contribution in [0.15, 0.2) is 42.7 Å². The molecule has 0 saturated carbocycles. The first-order chi connectivity index (χ1) is 17.7. The van der Waals surface area contributed by atoms with Crippen LogP contribution in [0.2, 0.25) is 0 Å². The molecule has 2 saturated heterocycles. The Labute approximate surface area is 212 Å². The second kappa shape index (κ2) is 10.4. The van der Waals surface area contributed by atoms with Crippen LogP contribution in [0.5, 0.6) is 0 Å². The van der Waals surface area contributed by atoms with Gasteiger partial charge in [-0.05, 0) is 60.2 Å². The molecule has 11 heteroatoms. The summed E-state index contributed by atoms with van der Waals surface area (Å²) in [6, 6.07) is 9.26. The van der Waals surface area contributed by atoms with Crippen LogP contribution in [-0.2, 0) is 4.74 Å². The summed E-state index contributed by atoms with van der Waals surface area (Å²) in [5.41, 5.74) is 5.10. The van der Waals surface area contributed by atoms with Gasteiger partial charge in [-0.1, -0.05) is 6.07 Å². The van der Waals surface area contributed by atoms with Crippen molar-refractivity contribution < 1.29 is 22.7 Å². The molecule has 2 fully saturated rings. The van der Waals surface area contributed by atoms with Crippen molar-refractivity contribution in [3.63, 3.8) is 0 Å². The van der Waals surface area contributed by atoms with Gasteiger partial charge < -0.3 is 19.9 Å². The zero-order chi connectivity index (χ0) is 26.0. The molecule has 5 rings (SSSR count). The fourth-order valence-electron chi connectivity index (χ4n) is 4.89. The number of hydrogen-bond donors (Lipinski definition) is 2. The number of carbonyl (C=O) groups is 1. The van der Waals surface area contributed by atoms with Gasteiger partial charge in [0.2, 0.25) is 0 Å². The second-order valence-electron chi connectivity index (χ2n) is 9.57. The van der Waals surface area contributed by atoms with Gasteiger partial charge in [0.25, 0.3) is 0 Å². The Bertz CT molecular complexity index is 1240. The van der Waals surface area contributed by atoms with Crippen LogP contribution in [-0.4, -0.2) is 71.7 Å². The Balaban J connectivity index is 1.39. The van der Waals surface area contributed by atoms with Crippen LogP contribution in [0.25, 0.3) is 22.4 Å². The predicted octanol–water partition coefficient (Wildman–Crippen LogP) is 5.09. The highest BCUT2D eigenvalue weighted by Crippen LogP contribution is 2.34. The minimum absolute atomic E-state index is 0.103. The van der Waals surface area contributed by atoms with E-state index in [9.17, 15) is 18.0 Å². The molecule has 37 heavy (non-hydrogen) atoms. The number of ether oxygens (including phenoxy) is 1. The molecule has 2 aromatic heterocycles. The maximum absolute atomic E-state index is 12.8. The molecule has 2 aliphatic heterocycles. The highest BCUT2D eigenvalue weighted by Gasteiger charge is 2.36. The quantitative estimate of drug-likeness (QED) is 0.496. The Kier molecular flexibility index (Phi) is 7.05. The van der Waals surface area contributed by atoms with Crippen molar-refractivity contribution in [2.75, 3.05) is 49.6 Å². The number of anilines is 2. The van der Waals surface area contributed by atoms with Gasteiger partial charge in [-0.15, -0.1) is 0 Å². The maximum atomic E-state index is 12.8. The number of H-pyrrole nitrogens is 1. The number of aromatic amines is 1. The maximum Gasteiger partial charge on any atom is 0.389 e. The number of morpholine rings is 1. The summed E-state index contributed by atoms with van der Waals surface area (Å²) in [6.07, 6.45) is -1.22. The van der Waals surface area contributed by atoms with E-state index in [1.54, 1.807) is 18.5 Å². The summed E-state index contributed by atoms with van der Waals surface area (Å²) in [5.74, 6) is 0.273. The number of likely N-dealkylation sites (tertiary alicyclic amines) is 1. The molecule has 1 atom stereocenters. The molecule has 0 bridgehead atoms. The molecular weight excluding hydrogens is 485 g/mol. The number of hydrogen-bond acceptors (Lipinski definition) is 5. The fourth-order valence-corrected chi connectivity index (χ4v) is 4.89. The summed E-state index contributed by atoms with van der Waals surface area (Å²) in [5, 5.41) is 9.76. The molecule has 0 radical (unpaired) electrons. The highest BCUT2D eigenvalue weighted by molar-refractivity contribution is 5.91. The van der Waals surface area contributed by atoms with Gasteiger partial charge in [-0.3, -0.25) is 5.10 Å². The molecule has 4 heterocycles. The lowest BCUT2D eigenvalue weighted by atomic mass is 9.98. The van der Waals surface area contributed by atoms with Gasteiger partial charge in [0.1, 0.15) is 5.82 Å². The van der Waals surface area contributed by atoms with Gasteiger partial charge in [-0.2, -0.15) is 18.3 Å². The molecule has 8 nitrogen and oxygen atoms in total. The van der Waals surface area contributed by atoms with E-state index in [2.05, 4.69) is 20.4 Å². The van der Waals surface area contributed by atoms with Crippen molar-refractivity contribution in [3.8, 4) is 22.4 Å². The average molecular weight is 515 g/mol. The van der Waals surface area contributed by atoms with Crippen molar-refractivity contribution in [1.29, 1.82) is 0 Å². The molecular formula is C26H29F3N6O2. The van der Waals surface area contributed by atoms with Gasteiger partial charge in [0.05, 0.1) is 25.1 Å². The lowest BCUT2D eigenvalue weighted by Crippen LogP contribution is -2.36. The van der Waals surface area contributed by atoms with Crippen LogP contribution in [0.1, 0.15) is 18.4 Å². The second-order valence-corrected chi connectivity index (χ2v) is 9.57. The van der Waals surface area contributed by atoms with E-state index >= 15 is 0 Å². The fraction of sp³-hybridized carbons (Fsp3) is 0.423. The standard InChI is InChI=1S/C26H29F3N6O2/c1-17-2-3-21(32-25(36)35-5-4-18(16-35)13-26(27,28)29)12-22(17)19-10-23(20-14-30-31-15-20)33-24(11-19)34-6-8-37-9-7-34/h2-3,10-12,14-15,18H,4-9,13,16H2,1H3,(H,30,31)(H,32,36). The lowest BCUT2D eigenvalue weighted by Gasteiger charge is -2.28. The third kappa shape index (κ3) is 6.04. The number of pyridine rings is 1. The van der Waals surface area contributed by atoms with Crippen molar-refractivity contribution in [2.24, 2.45) is 5.92 Å². The number of amides is 2. The summed E-state index contributed by atoms with van der Waals surface area (Å²) in [7, 11) is 0. The van der Waals surface area contributed by atoms with Crippen LogP contribution >= 0.6 is 0 Å². The molecule has 2 aliphatic rings. The van der Waals surface area contributed by atoms with E-state index in [4.69, 9.17) is 9.72 Å². The number of carbonyl (C=O) groups excluding carboxylic acids is 1. The zero-order valence-electron chi connectivity index (χ0n) is 20.5.